The van der Waals surface area contributed by atoms with Crippen molar-refractivity contribution in [3.63, 3.8) is 0 Å². The number of carbonyl (C=O) groups excluding carboxylic acids is 2. The van der Waals surface area contributed by atoms with Crippen LogP contribution in [0.15, 0.2) is 30.3 Å². The van der Waals surface area contributed by atoms with Crippen molar-refractivity contribution in [3.8, 4) is 5.69 Å². The molecule has 3 aromatic rings. The largest absolute Gasteiger partial charge is 0.363 e. The predicted octanol–water partition coefficient (Wildman–Crippen LogP) is 0.463. The van der Waals surface area contributed by atoms with E-state index in [0.717, 1.165) is 11.3 Å². The van der Waals surface area contributed by atoms with Crippen molar-refractivity contribution in [2.75, 3.05) is 6.54 Å². The summed E-state index contributed by atoms with van der Waals surface area (Å²) in [4.78, 5) is 35.3. The van der Waals surface area contributed by atoms with Crippen LogP contribution >= 0.6 is 0 Å². The molecule has 9 heteroatoms. The van der Waals surface area contributed by atoms with Crippen molar-refractivity contribution >= 4 is 11.8 Å². The minimum absolute atomic E-state index is 0.103. The number of rotatable bonds is 3. The summed E-state index contributed by atoms with van der Waals surface area (Å²) in [5.74, 6) is -1.06. The van der Waals surface area contributed by atoms with Gasteiger partial charge in [-0.25, -0.2) is 9.97 Å². The molecule has 0 saturated carbocycles. The van der Waals surface area contributed by atoms with E-state index in [1.54, 1.807) is 11.8 Å². The fourth-order valence-corrected chi connectivity index (χ4v) is 2.93. The van der Waals surface area contributed by atoms with Crippen LogP contribution in [0.1, 0.15) is 38.1 Å². The highest BCUT2D eigenvalue weighted by Crippen LogP contribution is 2.19. The van der Waals surface area contributed by atoms with Crippen molar-refractivity contribution in [1.82, 2.24) is 29.9 Å². The van der Waals surface area contributed by atoms with Crippen LogP contribution in [0.4, 0.5) is 0 Å². The van der Waals surface area contributed by atoms with E-state index in [1.807, 2.05) is 30.3 Å². The van der Waals surface area contributed by atoms with Gasteiger partial charge in [-0.2, -0.15) is 9.90 Å². The van der Waals surface area contributed by atoms with Crippen LogP contribution in [0.3, 0.4) is 0 Å². The molecule has 0 aliphatic carbocycles. The van der Waals surface area contributed by atoms with Gasteiger partial charge in [0, 0.05) is 12.1 Å². The van der Waals surface area contributed by atoms with Gasteiger partial charge in [0.25, 0.3) is 11.8 Å². The number of hydrogen-bond donors (Lipinski definition) is 1. The van der Waals surface area contributed by atoms with Crippen LogP contribution in [0, 0.1) is 13.1 Å². The molecular formula is C18H16N7O2. The van der Waals surface area contributed by atoms with Crippen LogP contribution in [-0.2, 0) is 13.0 Å². The summed E-state index contributed by atoms with van der Waals surface area (Å²) in [5, 5.41) is 8.70. The maximum Gasteiger partial charge on any atom is 0.286 e. The van der Waals surface area contributed by atoms with E-state index in [1.165, 1.54) is 4.80 Å². The van der Waals surface area contributed by atoms with E-state index in [4.69, 9.17) is 5.73 Å². The van der Waals surface area contributed by atoms with E-state index < -0.39 is 5.91 Å². The van der Waals surface area contributed by atoms with Gasteiger partial charge in [-0.05, 0) is 25.5 Å². The van der Waals surface area contributed by atoms with Crippen molar-refractivity contribution in [1.29, 1.82) is 0 Å². The summed E-state index contributed by atoms with van der Waals surface area (Å²) >= 11 is 0. The second-order valence-electron chi connectivity index (χ2n) is 6.18. The molecule has 0 spiro atoms. The second-order valence-corrected chi connectivity index (χ2v) is 6.18. The SMILES string of the molecule is Cc1nn(-c2ccccc2)nc1C(=O)N1CCc2[c]nc(C(N)=O)nc2C1. The number of aromatic nitrogens is 5. The Hall–Kier alpha value is -3.62. The molecule has 0 saturated heterocycles. The fourth-order valence-electron chi connectivity index (χ4n) is 2.93. The van der Waals surface area contributed by atoms with Gasteiger partial charge in [0.15, 0.2) is 5.69 Å². The molecule has 0 unspecified atom stereocenters. The van der Waals surface area contributed by atoms with E-state index in [0.29, 0.717) is 24.4 Å². The summed E-state index contributed by atoms with van der Waals surface area (Å²) in [7, 11) is 0. The normalized spacial score (nSPS) is 13.3. The van der Waals surface area contributed by atoms with Gasteiger partial charge in [-0.1, -0.05) is 18.2 Å². The third kappa shape index (κ3) is 3.14. The molecule has 2 aromatic heterocycles. The molecule has 2 amide bonds. The Kier molecular flexibility index (Phi) is 4.11. The zero-order chi connectivity index (χ0) is 19.0. The second kappa shape index (κ2) is 6.60. The molecule has 1 radical (unpaired) electrons. The smallest absolute Gasteiger partial charge is 0.286 e. The Labute approximate surface area is 154 Å². The number of hydrogen-bond acceptors (Lipinski definition) is 6. The van der Waals surface area contributed by atoms with Crippen LogP contribution < -0.4 is 5.73 Å². The first-order valence-corrected chi connectivity index (χ1v) is 8.39. The number of amides is 2. The highest BCUT2D eigenvalue weighted by Gasteiger charge is 2.27. The number of primary amides is 1. The van der Waals surface area contributed by atoms with Crippen molar-refractivity contribution in [2.24, 2.45) is 5.73 Å². The van der Waals surface area contributed by atoms with Crippen LogP contribution in [0.2, 0.25) is 0 Å². The van der Waals surface area contributed by atoms with E-state index >= 15 is 0 Å². The van der Waals surface area contributed by atoms with E-state index in [-0.39, 0.29) is 24.0 Å². The Bertz CT molecular complexity index is 1030. The lowest BCUT2D eigenvalue weighted by Gasteiger charge is -2.27. The lowest BCUT2D eigenvalue weighted by Crippen LogP contribution is -2.37. The molecular weight excluding hydrogens is 346 g/mol. The molecule has 0 bridgehead atoms. The molecule has 135 valence electrons. The standard InChI is InChI=1S/C18H16N7O2/c1-11-15(23-25(22-11)13-5-3-2-4-6-13)18(27)24-8-7-12-9-20-17(16(19)26)21-14(12)10-24/h2-6H,7-8,10H2,1H3,(H2,19,26). The minimum Gasteiger partial charge on any atom is -0.363 e. The fraction of sp³-hybridized carbons (Fsp3) is 0.222. The molecule has 27 heavy (non-hydrogen) atoms. The van der Waals surface area contributed by atoms with Gasteiger partial charge >= 0.3 is 0 Å². The van der Waals surface area contributed by atoms with Gasteiger partial charge in [-0.3, -0.25) is 9.59 Å². The van der Waals surface area contributed by atoms with E-state index in [9.17, 15) is 9.59 Å². The average molecular weight is 362 g/mol. The monoisotopic (exact) mass is 362 g/mol. The minimum atomic E-state index is -0.723. The maximum atomic E-state index is 13.0. The van der Waals surface area contributed by atoms with Crippen LogP contribution in [0.5, 0.6) is 0 Å². The highest BCUT2D eigenvalue weighted by atomic mass is 16.2. The highest BCUT2D eigenvalue weighted by molar-refractivity contribution is 5.93. The first kappa shape index (κ1) is 16.8. The first-order chi connectivity index (χ1) is 13.0. The molecule has 1 aliphatic rings. The van der Waals surface area contributed by atoms with Crippen LogP contribution in [0.25, 0.3) is 5.69 Å². The first-order valence-electron chi connectivity index (χ1n) is 8.39. The van der Waals surface area contributed by atoms with Gasteiger partial charge in [0.1, 0.15) is 0 Å². The van der Waals surface area contributed by atoms with Crippen molar-refractivity contribution in [2.45, 2.75) is 19.9 Å². The third-order valence-electron chi connectivity index (χ3n) is 4.34. The lowest BCUT2D eigenvalue weighted by molar-refractivity contribution is 0.0724. The average Bonchev–Trinajstić information content (AvgIpc) is 3.09. The Morgan fingerprint density at radius 2 is 1.96 bits per heavy atom. The molecule has 2 N–H and O–H groups in total. The maximum absolute atomic E-state index is 13.0. The Morgan fingerprint density at radius 3 is 2.70 bits per heavy atom. The van der Waals surface area contributed by atoms with Gasteiger partial charge in [-0.15, -0.1) is 5.10 Å². The number of benzene rings is 1. The quantitative estimate of drug-likeness (QED) is 0.723. The summed E-state index contributed by atoms with van der Waals surface area (Å²) in [6.07, 6.45) is 3.34. The number of para-hydroxylation sites is 1. The van der Waals surface area contributed by atoms with Crippen LogP contribution in [-0.4, -0.2) is 48.2 Å². The predicted molar refractivity (Wildman–Crippen MR) is 93.9 cm³/mol. The van der Waals surface area contributed by atoms with Gasteiger partial charge in [0.05, 0.1) is 29.8 Å². The molecule has 9 nitrogen and oxygen atoms in total. The molecule has 1 aromatic carbocycles. The summed E-state index contributed by atoms with van der Waals surface area (Å²) < 4.78 is 0. The van der Waals surface area contributed by atoms with Gasteiger partial charge in [0.2, 0.25) is 5.82 Å². The number of carbonyl (C=O) groups is 2. The molecule has 0 atom stereocenters. The molecule has 1 aliphatic heterocycles. The molecule has 0 fully saturated rings. The zero-order valence-electron chi connectivity index (χ0n) is 14.6. The summed E-state index contributed by atoms with van der Waals surface area (Å²) in [6.45, 7) is 2.48. The number of fused-ring (bicyclic) bond motifs is 1. The lowest BCUT2D eigenvalue weighted by atomic mass is 10.1. The van der Waals surface area contributed by atoms with Crippen molar-refractivity contribution < 1.29 is 9.59 Å². The number of nitrogens with two attached hydrogens (primary N) is 1. The third-order valence-corrected chi connectivity index (χ3v) is 4.34. The summed E-state index contributed by atoms with van der Waals surface area (Å²) in [6, 6.07) is 9.38. The van der Waals surface area contributed by atoms with Crippen molar-refractivity contribution in [3.05, 3.63) is 65.0 Å². The number of aryl methyl sites for hydroxylation is 1. The number of nitrogens with zero attached hydrogens (tertiary/aromatic N) is 6. The molecule has 4 rings (SSSR count). The zero-order valence-corrected chi connectivity index (χ0v) is 14.6. The topological polar surface area (TPSA) is 120 Å². The Morgan fingerprint density at radius 1 is 1.19 bits per heavy atom. The summed E-state index contributed by atoms with van der Waals surface area (Å²) in [5.41, 5.74) is 8.19. The Balaban J connectivity index is 1.60. The van der Waals surface area contributed by atoms with Gasteiger partial charge < -0.3 is 10.6 Å². The molecule has 3 heterocycles. The van der Waals surface area contributed by atoms with E-state index in [2.05, 4.69) is 26.4 Å².